The summed E-state index contributed by atoms with van der Waals surface area (Å²) >= 11 is 0. The van der Waals surface area contributed by atoms with Gasteiger partial charge in [-0.1, -0.05) is 42.5 Å². The van der Waals surface area contributed by atoms with Gasteiger partial charge in [0.15, 0.2) is 0 Å². The second-order valence-electron chi connectivity index (χ2n) is 5.24. The molecule has 0 aliphatic rings. The topological polar surface area (TPSA) is 68.8 Å². The number of pyridine rings is 2. The molecule has 0 saturated heterocycles. The van der Waals surface area contributed by atoms with E-state index in [1.165, 1.54) is 0 Å². The summed E-state index contributed by atoms with van der Waals surface area (Å²) in [5, 5.41) is 13.1. The van der Waals surface area contributed by atoms with Crippen LogP contribution in [-0.4, -0.2) is 31.1 Å². The van der Waals surface area contributed by atoms with Crippen molar-refractivity contribution in [1.82, 2.24) is 24.8 Å². The second kappa shape index (κ2) is 6.84. The van der Waals surface area contributed by atoms with Crippen molar-refractivity contribution < 1.29 is 0 Å². The number of hydrogen-bond acceptors (Lipinski definition) is 5. The quantitative estimate of drug-likeness (QED) is 0.540. The van der Waals surface area contributed by atoms with Crippen molar-refractivity contribution in [2.45, 2.75) is 0 Å². The van der Waals surface area contributed by atoms with Crippen molar-refractivity contribution in [3.05, 3.63) is 84.7 Å². The minimum atomic E-state index is 0.563. The highest BCUT2D eigenvalue weighted by atomic mass is 15.5. The van der Waals surface area contributed by atoms with Crippen molar-refractivity contribution in [2.24, 2.45) is 5.10 Å². The lowest BCUT2D eigenvalue weighted by molar-refractivity contribution is 0.887. The largest absolute Gasteiger partial charge is 0.253 e. The van der Waals surface area contributed by atoms with Crippen molar-refractivity contribution in [3.63, 3.8) is 0 Å². The van der Waals surface area contributed by atoms with E-state index in [9.17, 15) is 0 Å². The zero-order valence-corrected chi connectivity index (χ0v) is 13.3. The molecule has 4 rings (SSSR count). The Morgan fingerprint density at radius 1 is 0.680 bits per heavy atom. The molecule has 6 heteroatoms. The van der Waals surface area contributed by atoms with E-state index in [2.05, 4.69) is 25.3 Å². The van der Waals surface area contributed by atoms with Crippen LogP contribution in [0.5, 0.6) is 0 Å². The van der Waals surface area contributed by atoms with Crippen LogP contribution in [-0.2, 0) is 0 Å². The van der Waals surface area contributed by atoms with Gasteiger partial charge in [0.05, 0.1) is 6.21 Å². The van der Waals surface area contributed by atoms with E-state index < -0.39 is 0 Å². The minimum Gasteiger partial charge on any atom is -0.253 e. The Morgan fingerprint density at radius 2 is 1.24 bits per heavy atom. The van der Waals surface area contributed by atoms with E-state index in [0.717, 1.165) is 5.56 Å². The number of hydrogen-bond donors (Lipinski definition) is 0. The summed E-state index contributed by atoms with van der Waals surface area (Å²) in [6.07, 6.45) is 5.20. The molecule has 3 heterocycles. The molecule has 120 valence electrons. The zero-order chi connectivity index (χ0) is 16.9. The third-order valence-corrected chi connectivity index (χ3v) is 3.55. The Bertz CT molecular complexity index is 921. The Morgan fingerprint density at radius 3 is 1.76 bits per heavy atom. The molecule has 6 nitrogen and oxygen atoms in total. The Kier molecular flexibility index (Phi) is 4.07. The molecule has 0 radical (unpaired) electrons. The average Bonchev–Trinajstić information content (AvgIpc) is 3.12. The van der Waals surface area contributed by atoms with Crippen molar-refractivity contribution in [1.29, 1.82) is 0 Å². The van der Waals surface area contributed by atoms with E-state index in [1.54, 1.807) is 23.3 Å². The predicted octanol–water partition coefficient (Wildman–Crippen LogP) is 3.28. The van der Waals surface area contributed by atoms with Gasteiger partial charge in [-0.05, 0) is 29.8 Å². The summed E-state index contributed by atoms with van der Waals surface area (Å²) in [6.45, 7) is 0. The maximum Gasteiger partial charge on any atom is 0.203 e. The van der Waals surface area contributed by atoms with Crippen LogP contribution in [0.25, 0.3) is 23.0 Å². The first-order valence-electron chi connectivity index (χ1n) is 7.79. The number of rotatable bonds is 4. The maximum absolute atomic E-state index is 4.58. The number of benzene rings is 1. The molecule has 0 fully saturated rings. The molecule has 0 spiro atoms. The zero-order valence-electron chi connectivity index (χ0n) is 13.3. The highest BCUT2D eigenvalue weighted by Crippen LogP contribution is 2.21. The molecule has 0 amide bonds. The third kappa shape index (κ3) is 3.18. The van der Waals surface area contributed by atoms with E-state index in [1.807, 2.05) is 66.7 Å². The summed E-state index contributed by atoms with van der Waals surface area (Å²) in [4.78, 5) is 8.71. The monoisotopic (exact) mass is 326 g/mol. The first-order chi connectivity index (χ1) is 12.4. The van der Waals surface area contributed by atoms with E-state index >= 15 is 0 Å². The van der Waals surface area contributed by atoms with Crippen LogP contribution in [0.1, 0.15) is 5.56 Å². The van der Waals surface area contributed by atoms with Crippen LogP contribution in [0, 0.1) is 0 Å². The highest BCUT2D eigenvalue weighted by Gasteiger charge is 2.16. The van der Waals surface area contributed by atoms with Crippen LogP contribution in [0.2, 0.25) is 0 Å². The number of nitrogens with zero attached hydrogens (tertiary/aromatic N) is 6. The highest BCUT2D eigenvalue weighted by molar-refractivity contribution is 5.79. The fraction of sp³-hybridized carbons (Fsp3) is 0. The van der Waals surface area contributed by atoms with E-state index in [4.69, 9.17) is 0 Å². The molecule has 0 saturated carbocycles. The third-order valence-electron chi connectivity index (χ3n) is 3.55. The van der Waals surface area contributed by atoms with Gasteiger partial charge in [0, 0.05) is 12.4 Å². The van der Waals surface area contributed by atoms with Crippen LogP contribution in [0.15, 0.2) is 84.2 Å². The maximum atomic E-state index is 4.58. The molecule has 4 aromatic rings. The molecular formula is C19H14N6. The normalized spacial score (nSPS) is 11.0. The SMILES string of the molecule is C(=N\n1c(-c2ccccn2)nnc1-c1ccccn1)/c1ccccc1. The molecule has 0 aliphatic heterocycles. The second-order valence-corrected chi connectivity index (χ2v) is 5.24. The van der Waals surface area contributed by atoms with Crippen LogP contribution < -0.4 is 0 Å². The standard InChI is InChI=1S/C19H14N6/c1-2-8-15(9-3-1)14-22-25-18(16-10-4-6-12-20-16)23-24-19(25)17-11-5-7-13-21-17/h1-14H/b22-14+. The van der Waals surface area contributed by atoms with Gasteiger partial charge in [0.1, 0.15) is 11.4 Å². The Labute approximate surface area is 144 Å². The molecule has 0 bridgehead atoms. The number of aromatic nitrogens is 5. The lowest BCUT2D eigenvalue weighted by atomic mass is 10.2. The molecule has 0 atom stereocenters. The summed E-state index contributed by atoms with van der Waals surface area (Å²) in [6, 6.07) is 21.1. The molecule has 0 unspecified atom stereocenters. The lowest BCUT2D eigenvalue weighted by Crippen LogP contribution is -1.99. The lowest BCUT2D eigenvalue weighted by Gasteiger charge is -2.03. The van der Waals surface area contributed by atoms with E-state index in [-0.39, 0.29) is 0 Å². The predicted molar refractivity (Wildman–Crippen MR) is 95.9 cm³/mol. The van der Waals surface area contributed by atoms with E-state index in [0.29, 0.717) is 23.0 Å². The van der Waals surface area contributed by atoms with Crippen LogP contribution in [0.4, 0.5) is 0 Å². The summed E-state index contributed by atoms with van der Waals surface area (Å²) in [5.74, 6) is 1.13. The molecule has 0 aliphatic carbocycles. The van der Waals surface area contributed by atoms with Crippen molar-refractivity contribution in [2.75, 3.05) is 0 Å². The first kappa shape index (κ1) is 14.9. The molecule has 3 aromatic heterocycles. The average molecular weight is 326 g/mol. The smallest absolute Gasteiger partial charge is 0.203 e. The molecule has 25 heavy (non-hydrogen) atoms. The van der Waals surface area contributed by atoms with Gasteiger partial charge in [-0.15, -0.1) is 10.2 Å². The van der Waals surface area contributed by atoms with Crippen molar-refractivity contribution >= 4 is 6.21 Å². The van der Waals surface area contributed by atoms with Gasteiger partial charge in [-0.2, -0.15) is 9.78 Å². The van der Waals surface area contributed by atoms with Gasteiger partial charge in [0.2, 0.25) is 11.6 Å². The van der Waals surface area contributed by atoms with Crippen LogP contribution in [0.3, 0.4) is 0 Å². The van der Waals surface area contributed by atoms with Gasteiger partial charge >= 0.3 is 0 Å². The van der Waals surface area contributed by atoms with Gasteiger partial charge in [-0.25, -0.2) is 0 Å². The molecule has 1 aromatic carbocycles. The first-order valence-corrected chi connectivity index (χ1v) is 7.79. The van der Waals surface area contributed by atoms with Gasteiger partial charge in [0.25, 0.3) is 0 Å². The van der Waals surface area contributed by atoms with Crippen LogP contribution >= 0.6 is 0 Å². The van der Waals surface area contributed by atoms with Gasteiger partial charge < -0.3 is 0 Å². The van der Waals surface area contributed by atoms with Gasteiger partial charge in [-0.3, -0.25) is 9.97 Å². The van der Waals surface area contributed by atoms with Crippen molar-refractivity contribution in [3.8, 4) is 23.0 Å². The molecule has 0 N–H and O–H groups in total. The Hall–Kier alpha value is -3.67. The minimum absolute atomic E-state index is 0.563. The molecular weight excluding hydrogens is 312 g/mol. The summed E-state index contributed by atoms with van der Waals surface area (Å²) in [5.41, 5.74) is 2.37. The fourth-order valence-electron chi connectivity index (χ4n) is 2.36. The Balaban J connectivity index is 1.84. The fourth-order valence-corrected chi connectivity index (χ4v) is 2.36. The summed E-state index contributed by atoms with van der Waals surface area (Å²) in [7, 11) is 0. The summed E-state index contributed by atoms with van der Waals surface area (Å²) < 4.78 is 1.66.